The van der Waals surface area contributed by atoms with Gasteiger partial charge in [0.25, 0.3) is 0 Å². The van der Waals surface area contributed by atoms with Crippen LogP contribution in [0.25, 0.3) is 21.9 Å². The topological polar surface area (TPSA) is 69.0 Å². The maximum Gasteiger partial charge on any atom is 0.230 e. The predicted molar refractivity (Wildman–Crippen MR) is 120 cm³/mol. The highest BCUT2D eigenvalue weighted by molar-refractivity contribution is 6.03. The molecule has 0 fully saturated rings. The van der Waals surface area contributed by atoms with Crippen LogP contribution in [0.2, 0.25) is 0 Å². The molecule has 1 N–H and O–H groups in total. The largest absolute Gasteiger partial charge is 0.497 e. The van der Waals surface area contributed by atoms with Crippen molar-refractivity contribution < 1.29 is 9.53 Å². The molecule has 0 aliphatic heterocycles. The number of carbonyl (C=O) groups is 1. The Balaban J connectivity index is 1.68. The second kappa shape index (κ2) is 8.14. The van der Waals surface area contributed by atoms with E-state index in [0.717, 1.165) is 39.8 Å². The van der Waals surface area contributed by atoms with Crippen molar-refractivity contribution in [3.05, 3.63) is 59.7 Å². The first-order valence-corrected chi connectivity index (χ1v) is 10.1. The molecule has 4 rings (SSSR count). The molecule has 154 valence electrons. The second-order valence-electron chi connectivity index (χ2n) is 8.05. The molecule has 0 atom stereocenters. The Bertz CT molecular complexity index is 1210. The molecule has 2 aromatic heterocycles. The minimum absolute atomic E-state index is 0.111. The fourth-order valence-corrected chi connectivity index (χ4v) is 3.55. The first kappa shape index (κ1) is 19.9. The monoisotopic (exact) mass is 402 g/mol. The third-order valence-corrected chi connectivity index (χ3v) is 4.99. The molecule has 0 bridgehead atoms. The Kier molecular flexibility index (Phi) is 5.40. The number of aryl methyl sites for hydroxylation is 1. The number of amides is 1. The molecular weight excluding hydrogens is 376 g/mol. The van der Waals surface area contributed by atoms with Crippen LogP contribution in [-0.2, 0) is 17.8 Å². The average molecular weight is 402 g/mol. The molecular formula is C24H26N4O2. The van der Waals surface area contributed by atoms with Crippen molar-refractivity contribution in [2.75, 3.05) is 12.4 Å². The van der Waals surface area contributed by atoms with Crippen LogP contribution in [0.15, 0.2) is 48.5 Å². The molecule has 1 amide bonds. The van der Waals surface area contributed by atoms with Gasteiger partial charge in [-0.25, -0.2) is 9.67 Å². The Morgan fingerprint density at radius 1 is 1.13 bits per heavy atom. The van der Waals surface area contributed by atoms with Crippen LogP contribution in [0.5, 0.6) is 5.75 Å². The highest BCUT2D eigenvalue weighted by Crippen LogP contribution is 2.27. The van der Waals surface area contributed by atoms with Crippen molar-refractivity contribution in [1.29, 1.82) is 0 Å². The number of hydrogen-bond acceptors (Lipinski definition) is 4. The molecule has 0 saturated carbocycles. The summed E-state index contributed by atoms with van der Waals surface area (Å²) in [5.74, 6) is 1.62. The summed E-state index contributed by atoms with van der Waals surface area (Å²) in [6.45, 7) is 7.07. The summed E-state index contributed by atoms with van der Waals surface area (Å²) in [4.78, 5) is 17.6. The van der Waals surface area contributed by atoms with Gasteiger partial charge in [-0.1, -0.05) is 37.6 Å². The molecule has 2 aromatic carbocycles. The summed E-state index contributed by atoms with van der Waals surface area (Å²) >= 11 is 0. The molecule has 0 spiro atoms. The molecule has 4 aromatic rings. The van der Waals surface area contributed by atoms with Gasteiger partial charge in [-0.15, -0.1) is 0 Å². The number of benzene rings is 2. The fourth-order valence-electron chi connectivity index (χ4n) is 3.55. The number of carbonyl (C=O) groups excluding carboxylic acids is 1. The molecule has 30 heavy (non-hydrogen) atoms. The summed E-state index contributed by atoms with van der Waals surface area (Å²) in [7, 11) is 1.62. The van der Waals surface area contributed by atoms with Crippen LogP contribution < -0.4 is 10.1 Å². The molecule has 0 saturated heterocycles. The normalized spacial score (nSPS) is 11.4. The summed E-state index contributed by atoms with van der Waals surface area (Å²) in [5, 5.41) is 9.58. The van der Waals surface area contributed by atoms with Gasteiger partial charge in [0, 0.05) is 11.9 Å². The highest BCUT2D eigenvalue weighted by Gasteiger charge is 2.16. The summed E-state index contributed by atoms with van der Waals surface area (Å²) in [5.41, 5.74) is 3.80. The van der Waals surface area contributed by atoms with E-state index in [4.69, 9.17) is 9.72 Å². The predicted octanol–water partition coefficient (Wildman–Crippen LogP) is 4.74. The first-order chi connectivity index (χ1) is 14.4. The lowest BCUT2D eigenvalue weighted by molar-refractivity contribution is -0.115. The van der Waals surface area contributed by atoms with Crippen LogP contribution in [0, 0.1) is 12.8 Å². The maximum absolute atomic E-state index is 12.7. The van der Waals surface area contributed by atoms with Crippen molar-refractivity contribution in [2.45, 2.75) is 33.7 Å². The lowest BCUT2D eigenvalue weighted by Gasteiger charge is -2.06. The minimum atomic E-state index is -0.111. The van der Waals surface area contributed by atoms with E-state index in [-0.39, 0.29) is 12.3 Å². The number of aromatic nitrogens is 3. The lowest BCUT2D eigenvalue weighted by Crippen LogP contribution is -2.15. The second-order valence-corrected chi connectivity index (χ2v) is 8.05. The molecule has 6 heteroatoms. The van der Waals surface area contributed by atoms with Crippen LogP contribution in [0.1, 0.15) is 25.0 Å². The van der Waals surface area contributed by atoms with E-state index in [0.29, 0.717) is 11.7 Å². The number of nitrogens with zero attached hydrogens (tertiary/aromatic N) is 3. The van der Waals surface area contributed by atoms with Gasteiger partial charge in [-0.2, -0.15) is 5.10 Å². The van der Waals surface area contributed by atoms with Crippen molar-refractivity contribution in [3.63, 3.8) is 0 Å². The van der Waals surface area contributed by atoms with Crippen LogP contribution in [-0.4, -0.2) is 27.8 Å². The number of hydrogen-bond donors (Lipinski definition) is 1. The van der Waals surface area contributed by atoms with Gasteiger partial charge in [0.2, 0.25) is 5.91 Å². The zero-order valence-corrected chi connectivity index (χ0v) is 17.8. The number of anilines is 1. The minimum Gasteiger partial charge on any atom is -0.497 e. The van der Waals surface area contributed by atoms with Gasteiger partial charge in [0.15, 0.2) is 11.5 Å². The van der Waals surface area contributed by atoms with Crippen molar-refractivity contribution in [2.24, 2.45) is 5.92 Å². The molecule has 6 nitrogen and oxygen atoms in total. The van der Waals surface area contributed by atoms with E-state index in [1.165, 1.54) is 5.56 Å². The quantitative estimate of drug-likeness (QED) is 0.506. The van der Waals surface area contributed by atoms with E-state index in [1.807, 2.05) is 35.0 Å². The Morgan fingerprint density at radius 3 is 2.60 bits per heavy atom. The molecule has 0 radical (unpaired) electrons. The first-order valence-electron chi connectivity index (χ1n) is 10.1. The average Bonchev–Trinajstić information content (AvgIpc) is 3.02. The van der Waals surface area contributed by atoms with Gasteiger partial charge in [-0.05, 0) is 48.7 Å². The van der Waals surface area contributed by atoms with Gasteiger partial charge in [0.05, 0.1) is 24.4 Å². The number of nitrogens with one attached hydrogen (secondary N) is 1. The third-order valence-electron chi connectivity index (χ3n) is 4.99. The van der Waals surface area contributed by atoms with Crippen molar-refractivity contribution in [1.82, 2.24) is 14.8 Å². The number of methoxy groups -OCH3 is 1. The Labute approximate surface area is 175 Å². The molecule has 0 aliphatic rings. The van der Waals surface area contributed by atoms with Crippen molar-refractivity contribution in [3.8, 4) is 5.75 Å². The summed E-state index contributed by atoms with van der Waals surface area (Å²) in [6.07, 6.45) is 0.267. The van der Waals surface area contributed by atoms with E-state index < -0.39 is 0 Å². The number of ether oxygens (including phenoxy) is 1. The van der Waals surface area contributed by atoms with Gasteiger partial charge < -0.3 is 10.1 Å². The van der Waals surface area contributed by atoms with E-state index in [2.05, 4.69) is 49.4 Å². The number of fused-ring (bicyclic) bond motifs is 2. The van der Waals surface area contributed by atoms with E-state index in [9.17, 15) is 4.79 Å². The Hall–Kier alpha value is -3.41. The van der Waals surface area contributed by atoms with Gasteiger partial charge in [-0.3, -0.25) is 4.79 Å². The zero-order chi connectivity index (χ0) is 21.3. The SMILES string of the molecule is COc1ccc(CC(=O)Nc2nn(CC(C)C)c3nc4ccc(C)cc4cc23)cc1. The van der Waals surface area contributed by atoms with Crippen LogP contribution in [0.4, 0.5) is 5.82 Å². The maximum atomic E-state index is 12.7. The van der Waals surface area contributed by atoms with Gasteiger partial charge >= 0.3 is 0 Å². The van der Waals surface area contributed by atoms with Gasteiger partial charge in [0.1, 0.15) is 5.75 Å². The number of rotatable bonds is 6. The summed E-state index contributed by atoms with van der Waals surface area (Å²) < 4.78 is 7.07. The highest BCUT2D eigenvalue weighted by atomic mass is 16.5. The van der Waals surface area contributed by atoms with E-state index in [1.54, 1.807) is 7.11 Å². The van der Waals surface area contributed by atoms with Crippen molar-refractivity contribution >= 4 is 33.7 Å². The number of pyridine rings is 1. The van der Waals surface area contributed by atoms with E-state index >= 15 is 0 Å². The zero-order valence-electron chi connectivity index (χ0n) is 17.8. The fraction of sp³-hybridized carbons (Fsp3) is 0.292. The third kappa shape index (κ3) is 4.13. The van der Waals surface area contributed by atoms with Crippen LogP contribution >= 0.6 is 0 Å². The molecule has 0 aliphatic carbocycles. The smallest absolute Gasteiger partial charge is 0.230 e. The molecule has 2 heterocycles. The van der Waals surface area contributed by atoms with Crippen LogP contribution in [0.3, 0.4) is 0 Å². The summed E-state index contributed by atoms with van der Waals surface area (Å²) in [6, 6.07) is 15.8. The standard InChI is InChI=1S/C24H26N4O2/c1-15(2)14-28-24-20(13-18-11-16(3)5-10-21(18)25-24)23(27-28)26-22(29)12-17-6-8-19(30-4)9-7-17/h5-11,13,15H,12,14H2,1-4H3,(H,26,27,29). The molecule has 0 unspecified atom stereocenters. The Morgan fingerprint density at radius 2 is 1.90 bits per heavy atom. The lowest BCUT2D eigenvalue weighted by atomic mass is 10.1.